The Morgan fingerprint density at radius 1 is 0.579 bits per heavy atom. The molecule has 0 amide bonds. The van der Waals surface area contributed by atoms with E-state index in [-0.39, 0.29) is 7.43 Å². The first-order valence-corrected chi connectivity index (χ1v) is 12.5. The van der Waals surface area contributed by atoms with Crippen molar-refractivity contribution in [3.63, 3.8) is 0 Å². The summed E-state index contributed by atoms with van der Waals surface area (Å²) < 4.78 is 0. The predicted octanol–water partition coefficient (Wildman–Crippen LogP) is 7.75. The molecule has 2 saturated carbocycles. The van der Waals surface area contributed by atoms with Crippen molar-refractivity contribution in [1.82, 2.24) is 0 Å². The molecule has 0 bridgehead atoms. The third-order valence-electron chi connectivity index (χ3n) is 2.50. The van der Waals surface area contributed by atoms with E-state index in [0.29, 0.717) is 0 Å². The first-order chi connectivity index (χ1) is 8.73. The number of halogens is 2. The summed E-state index contributed by atoms with van der Waals surface area (Å²) in [5.41, 5.74) is 0. The Labute approximate surface area is 136 Å². The van der Waals surface area contributed by atoms with Crippen LogP contribution in [0.2, 0.25) is 0 Å². The molecule has 19 heavy (non-hydrogen) atoms. The largest absolute Gasteiger partial charge is 0.358 e. The van der Waals surface area contributed by atoms with E-state index < -0.39 is 12.8 Å². The van der Waals surface area contributed by atoms with Crippen molar-refractivity contribution >= 4 is 24.9 Å². The average Bonchev–Trinajstić information content (AvgIpc) is 3.11. The zero-order valence-corrected chi connectivity index (χ0v) is 16.9. The van der Waals surface area contributed by atoms with Gasteiger partial charge in [0.1, 0.15) is 0 Å². The summed E-state index contributed by atoms with van der Waals surface area (Å²) in [4.78, 5) is 0. The zero-order chi connectivity index (χ0) is 14.6. The fourth-order valence-electron chi connectivity index (χ4n) is 1.77. The molecule has 0 aromatic carbocycles. The minimum absolute atomic E-state index is 0. The van der Waals surface area contributed by atoms with Crippen LogP contribution in [0.4, 0.5) is 0 Å². The van der Waals surface area contributed by atoms with Crippen LogP contribution in [0.1, 0.15) is 91.9 Å². The minimum Gasteiger partial charge on any atom is -0.358 e. The second kappa shape index (κ2) is 31.4. The van der Waals surface area contributed by atoms with Gasteiger partial charge in [-0.15, -0.1) is 0 Å². The summed E-state index contributed by atoms with van der Waals surface area (Å²) in [7, 11) is 10.1. The number of hydrogen-bond acceptors (Lipinski definition) is 0. The van der Waals surface area contributed by atoms with Crippen molar-refractivity contribution < 1.29 is 12.8 Å². The van der Waals surface area contributed by atoms with Gasteiger partial charge in [0.2, 0.25) is 0 Å². The molecule has 0 heterocycles. The Hall–Kier alpha value is 1.03. The molecule has 2 aliphatic carbocycles. The van der Waals surface area contributed by atoms with Crippen LogP contribution in [-0.4, -0.2) is 5.23 Å². The van der Waals surface area contributed by atoms with Crippen LogP contribution in [0.3, 0.4) is 0 Å². The summed E-state index contributed by atoms with van der Waals surface area (Å²) in [6, 6.07) is 0. The molecule has 0 saturated heterocycles. The molecule has 0 radical (unpaired) electrons. The second-order valence-electron chi connectivity index (χ2n) is 3.84. The van der Waals surface area contributed by atoms with Crippen molar-refractivity contribution in [2.24, 2.45) is 0 Å². The maximum absolute atomic E-state index is 5.07. The molecule has 121 valence electrons. The van der Waals surface area contributed by atoms with E-state index in [9.17, 15) is 0 Å². The summed E-state index contributed by atoms with van der Waals surface area (Å²) in [5.74, 6) is 0. The molecular formula is C16H37Cl2V-. The van der Waals surface area contributed by atoms with Crippen molar-refractivity contribution in [1.29, 1.82) is 0 Å². The molecule has 0 aromatic rings. The predicted molar refractivity (Wildman–Crippen MR) is 94.1 cm³/mol. The van der Waals surface area contributed by atoms with Crippen LogP contribution in [0, 0.1) is 7.43 Å². The van der Waals surface area contributed by atoms with Gasteiger partial charge in [0, 0.05) is 0 Å². The van der Waals surface area contributed by atoms with Gasteiger partial charge in [0.05, 0.1) is 0 Å². The third-order valence-corrected chi connectivity index (χ3v) is 2.50. The number of hydrogen-bond donors (Lipinski definition) is 0. The molecule has 3 heteroatoms. The second-order valence-corrected chi connectivity index (χ2v) is 8.86. The van der Waals surface area contributed by atoms with Crippen LogP contribution in [-0.2, 0) is 12.8 Å². The molecule has 0 unspecified atom stereocenters. The maximum atomic E-state index is 5.07. The molecule has 2 rings (SSSR count). The topological polar surface area (TPSA) is 0 Å². The molecule has 0 N–H and O–H groups in total. The minimum atomic E-state index is -1.49. The average molecular weight is 351 g/mol. The van der Waals surface area contributed by atoms with Gasteiger partial charge in [-0.3, -0.25) is 0 Å². The first kappa shape index (κ1) is 28.2. The molecule has 2 fully saturated rings. The van der Waals surface area contributed by atoms with Crippen molar-refractivity contribution in [3.8, 4) is 0 Å². The van der Waals surface area contributed by atoms with Crippen LogP contribution < -0.4 is 0 Å². The van der Waals surface area contributed by atoms with Gasteiger partial charge in [0.15, 0.2) is 0 Å². The van der Waals surface area contributed by atoms with Crippen LogP contribution in [0.5, 0.6) is 0 Å². The standard InChI is InChI=1S/2C5H10.2C2H6.CH3.CH2.2ClH.V/c2*1-2-4-5-3-1;2*1-2;;;;;/h2*1-5H2;2*1-2H3;1H3;1H2;2*1H;/q;;;;-1;;;;+2/p-2. The van der Waals surface area contributed by atoms with Crippen LogP contribution in [0.15, 0.2) is 0 Å². The molecule has 0 atom stereocenters. The van der Waals surface area contributed by atoms with Crippen molar-refractivity contribution in [2.45, 2.75) is 91.9 Å². The first-order valence-electron chi connectivity index (χ1n) is 7.65. The van der Waals surface area contributed by atoms with Gasteiger partial charge in [-0.05, 0) is 0 Å². The number of rotatable bonds is 0. The molecule has 0 aromatic heterocycles. The summed E-state index contributed by atoms with van der Waals surface area (Å²) >= 11 is -1.49. The van der Waals surface area contributed by atoms with Gasteiger partial charge in [0.25, 0.3) is 0 Å². The molecule has 0 nitrogen and oxygen atoms in total. The molecule has 0 spiro atoms. The Bertz CT molecular complexity index is 101. The van der Waals surface area contributed by atoms with Crippen molar-refractivity contribution in [2.75, 3.05) is 0 Å². The Morgan fingerprint density at radius 2 is 0.632 bits per heavy atom. The summed E-state index contributed by atoms with van der Waals surface area (Å²) in [5, 5.41) is 3.32. The third kappa shape index (κ3) is 45.4. The SMILES string of the molecule is C1CCCC1.C1CCCC1.CC.CC.[CH2]=[V]([Cl])[Cl].[CH3-]. The van der Waals surface area contributed by atoms with Gasteiger partial charge < -0.3 is 7.43 Å². The van der Waals surface area contributed by atoms with E-state index in [1.807, 2.05) is 27.7 Å². The van der Waals surface area contributed by atoms with E-state index in [4.69, 9.17) is 19.7 Å². The van der Waals surface area contributed by atoms with E-state index in [2.05, 4.69) is 5.23 Å². The Balaban J connectivity index is -0.0000000774. The normalized spacial score (nSPS) is 14.6. The van der Waals surface area contributed by atoms with E-state index >= 15 is 0 Å². The van der Waals surface area contributed by atoms with Crippen LogP contribution in [0.25, 0.3) is 0 Å². The summed E-state index contributed by atoms with van der Waals surface area (Å²) in [6.45, 7) is 8.00. The van der Waals surface area contributed by atoms with E-state index in [0.717, 1.165) is 0 Å². The Morgan fingerprint density at radius 3 is 0.684 bits per heavy atom. The fraction of sp³-hybridized carbons (Fsp3) is 0.875. The van der Waals surface area contributed by atoms with Gasteiger partial charge in [-0.2, -0.15) is 0 Å². The van der Waals surface area contributed by atoms with E-state index in [1.165, 1.54) is 64.2 Å². The quantitative estimate of drug-likeness (QED) is 0.391. The Kier molecular flexibility index (Phi) is 46.7. The summed E-state index contributed by atoms with van der Waals surface area (Å²) in [6.07, 6.45) is 15.0. The van der Waals surface area contributed by atoms with E-state index in [1.54, 1.807) is 0 Å². The smallest absolute Gasteiger partial charge is 0.358 e. The van der Waals surface area contributed by atoms with Gasteiger partial charge >= 0.3 is 37.7 Å². The zero-order valence-electron chi connectivity index (χ0n) is 14.0. The monoisotopic (exact) mass is 350 g/mol. The van der Waals surface area contributed by atoms with Gasteiger partial charge in [-0.1, -0.05) is 91.9 Å². The maximum Gasteiger partial charge on any atom is -0.358 e. The van der Waals surface area contributed by atoms with Crippen LogP contribution >= 0.6 is 19.7 Å². The molecule has 0 aliphatic heterocycles. The van der Waals surface area contributed by atoms with Crippen molar-refractivity contribution in [3.05, 3.63) is 7.43 Å². The van der Waals surface area contributed by atoms with Gasteiger partial charge in [-0.25, -0.2) is 0 Å². The fourth-order valence-corrected chi connectivity index (χ4v) is 1.77. The molecular weight excluding hydrogens is 314 g/mol. The molecule has 2 aliphatic rings.